The number of carbonyl (C=O) groups is 1. The van der Waals surface area contributed by atoms with E-state index in [9.17, 15) is 4.79 Å². The largest absolute Gasteiger partial charge is 0.348 e. The molecule has 1 amide bonds. The Morgan fingerprint density at radius 2 is 1.58 bits per heavy atom. The van der Waals surface area contributed by atoms with E-state index < -0.39 is 0 Å². The highest BCUT2D eigenvalue weighted by Gasteiger charge is 2.19. The van der Waals surface area contributed by atoms with Gasteiger partial charge in [-0.15, -0.1) is 0 Å². The third kappa shape index (κ3) is 6.03. The number of nitrogens with zero attached hydrogens (tertiary/aromatic N) is 2. The van der Waals surface area contributed by atoms with Crippen molar-refractivity contribution in [2.45, 2.75) is 13.0 Å². The molecule has 1 aliphatic rings. The van der Waals surface area contributed by atoms with E-state index in [4.69, 9.17) is 0 Å². The highest BCUT2D eigenvalue weighted by Crippen LogP contribution is 2.20. The Hall–Kier alpha value is -2.95. The molecule has 1 N–H and O–H groups in total. The first-order valence-corrected chi connectivity index (χ1v) is 11.1. The van der Waals surface area contributed by atoms with Crippen molar-refractivity contribution < 1.29 is 4.79 Å². The molecule has 1 heterocycles. The fraction of sp³-hybridized carbons (Fsp3) is 0.296. The van der Waals surface area contributed by atoms with Crippen LogP contribution in [-0.4, -0.2) is 55.0 Å². The molecule has 1 unspecified atom stereocenters. The molecule has 31 heavy (non-hydrogen) atoms. The summed E-state index contributed by atoms with van der Waals surface area (Å²) in [6.07, 6.45) is 4.40. The molecule has 0 spiro atoms. The second-order valence-electron chi connectivity index (χ2n) is 8.29. The molecular weight excluding hydrogens is 382 g/mol. The van der Waals surface area contributed by atoms with Gasteiger partial charge >= 0.3 is 0 Å². The number of amides is 1. The molecule has 1 saturated heterocycles. The summed E-state index contributed by atoms with van der Waals surface area (Å²) in [6.45, 7) is 7.31. The van der Waals surface area contributed by atoms with Gasteiger partial charge in [0.15, 0.2) is 0 Å². The minimum atomic E-state index is 0.00141. The number of fused-ring (bicyclic) bond motifs is 1. The van der Waals surface area contributed by atoms with E-state index in [0.29, 0.717) is 6.54 Å². The van der Waals surface area contributed by atoms with E-state index >= 15 is 0 Å². The molecule has 4 rings (SSSR count). The molecule has 160 valence electrons. The summed E-state index contributed by atoms with van der Waals surface area (Å²) in [5.74, 6) is 0.0954. The predicted molar refractivity (Wildman–Crippen MR) is 129 cm³/mol. The summed E-state index contributed by atoms with van der Waals surface area (Å²) < 4.78 is 0. The van der Waals surface area contributed by atoms with Gasteiger partial charge in [-0.3, -0.25) is 14.6 Å². The summed E-state index contributed by atoms with van der Waals surface area (Å²) >= 11 is 0. The van der Waals surface area contributed by atoms with E-state index in [2.05, 4.69) is 88.8 Å². The first kappa shape index (κ1) is 21.3. The van der Waals surface area contributed by atoms with Crippen LogP contribution in [0.2, 0.25) is 0 Å². The van der Waals surface area contributed by atoms with Crippen molar-refractivity contribution in [1.29, 1.82) is 0 Å². The quantitative estimate of drug-likeness (QED) is 0.626. The Kier molecular flexibility index (Phi) is 7.13. The summed E-state index contributed by atoms with van der Waals surface area (Å²) in [5, 5.41) is 5.60. The molecule has 4 nitrogen and oxygen atoms in total. The van der Waals surface area contributed by atoms with Crippen molar-refractivity contribution in [2.75, 3.05) is 39.3 Å². The van der Waals surface area contributed by atoms with Crippen molar-refractivity contribution in [3.05, 3.63) is 90.0 Å². The van der Waals surface area contributed by atoms with Crippen LogP contribution in [0.15, 0.2) is 78.9 Å². The molecule has 3 aromatic rings. The molecule has 4 heteroatoms. The van der Waals surface area contributed by atoms with E-state index in [1.54, 1.807) is 0 Å². The molecule has 1 atom stereocenters. The maximum absolute atomic E-state index is 12.6. The van der Waals surface area contributed by atoms with Crippen molar-refractivity contribution >= 4 is 22.8 Å². The predicted octanol–water partition coefficient (Wildman–Crippen LogP) is 4.35. The van der Waals surface area contributed by atoms with Crippen molar-refractivity contribution in [3.8, 4) is 0 Å². The van der Waals surface area contributed by atoms with Crippen LogP contribution in [0.25, 0.3) is 16.8 Å². The lowest BCUT2D eigenvalue weighted by Crippen LogP contribution is -2.49. The average Bonchev–Trinajstić information content (AvgIpc) is 2.80. The van der Waals surface area contributed by atoms with Gasteiger partial charge in [0, 0.05) is 32.7 Å². The molecular formula is C27H31N3O. The second kappa shape index (κ2) is 10.4. The van der Waals surface area contributed by atoms with Gasteiger partial charge < -0.3 is 5.32 Å². The Morgan fingerprint density at radius 3 is 2.35 bits per heavy atom. The highest BCUT2D eigenvalue weighted by atomic mass is 16.2. The summed E-state index contributed by atoms with van der Waals surface area (Å²) in [5.41, 5.74) is 2.38. The number of piperazine rings is 1. The van der Waals surface area contributed by atoms with Crippen LogP contribution in [0.3, 0.4) is 0 Å². The summed E-state index contributed by atoms with van der Waals surface area (Å²) in [7, 11) is 0. The molecule has 0 aromatic heterocycles. The third-order valence-corrected chi connectivity index (χ3v) is 5.96. The zero-order valence-electron chi connectivity index (χ0n) is 18.2. The van der Waals surface area contributed by atoms with Gasteiger partial charge in [-0.2, -0.15) is 0 Å². The Labute approximate surface area is 185 Å². The smallest absolute Gasteiger partial charge is 0.234 e. The Bertz CT molecular complexity index is 1020. The van der Waals surface area contributed by atoms with Crippen LogP contribution in [0.1, 0.15) is 24.1 Å². The minimum absolute atomic E-state index is 0.00141. The zero-order valence-corrected chi connectivity index (χ0v) is 18.2. The summed E-state index contributed by atoms with van der Waals surface area (Å²) in [6, 6.07) is 25.1. The van der Waals surface area contributed by atoms with Crippen LogP contribution >= 0.6 is 0 Å². The van der Waals surface area contributed by atoms with Crippen molar-refractivity contribution in [3.63, 3.8) is 0 Å². The average molecular weight is 414 g/mol. The molecule has 0 aliphatic carbocycles. The first-order chi connectivity index (χ1) is 15.2. The second-order valence-corrected chi connectivity index (χ2v) is 8.29. The molecule has 1 fully saturated rings. The standard InChI is InChI=1S/C27H31N3O/c1-22(25-14-13-24-11-5-6-12-26(24)20-25)28-27(31)21-30-18-16-29(17-19-30)15-7-10-23-8-3-2-4-9-23/h2-14,20,22H,15-19,21H2,1H3,(H,28,31)/b10-7+. The van der Waals surface area contributed by atoms with E-state index in [0.717, 1.165) is 38.3 Å². The monoisotopic (exact) mass is 413 g/mol. The Morgan fingerprint density at radius 1 is 0.903 bits per heavy atom. The van der Waals surface area contributed by atoms with Crippen LogP contribution in [-0.2, 0) is 4.79 Å². The normalized spacial score (nSPS) is 16.5. The number of hydrogen-bond acceptors (Lipinski definition) is 3. The van der Waals surface area contributed by atoms with Crippen molar-refractivity contribution in [2.24, 2.45) is 0 Å². The lowest BCUT2D eigenvalue weighted by atomic mass is 10.0. The van der Waals surface area contributed by atoms with Crippen LogP contribution in [0, 0.1) is 0 Å². The number of rotatable bonds is 7. The van der Waals surface area contributed by atoms with Gasteiger partial charge in [-0.1, -0.05) is 78.9 Å². The van der Waals surface area contributed by atoms with Gasteiger partial charge in [0.25, 0.3) is 0 Å². The highest BCUT2D eigenvalue weighted by molar-refractivity contribution is 5.83. The van der Waals surface area contributed by atoms with Gasteiger partial charge in [0.1, 0.15) is 0 Å². The van der Waals surface area contributed by atoms with Crippen LogP contribution in [0.4, 0.5) is 0 Å². The molecule has 0 radical (unpaired) electrons. The van der Waals surface area contributed by atoms with Gasteiger partial charge in [0.2, 0.25) is 5.91 Å². The first-order valence-electron chi connectivity index (χ1n) is 11.1. The minimum Gasteiger partial charge on any atom is -0.348 e. The topological polar surface area (TPSA) is 35.6 Å². The number of benzene rings is 3. The SMILES string of the molecule is CC(NC(=O)CN1CCN(C/C=C/c2ccccc2)CC1)c1ccc2ccccc2c1. The zero-order chi connectivity index (χ0) is 21.5. The maximum Gasteiger partial charge on any atom is 0.234 e. The van der Waals surface area contributed by atoms with E-state index in [-0.39, 0.29) is 11.9 Å². The maximum atomic E-state index is 12.6. The van der Waals surface area contributed by atoms with Crippen molar-refractivity contribution in [1.82, 2.24) is 15.1 Å². The third-order valence-electron chi connectivity index (χ3n) is 5.96. The summed E-state index contributed by atoms with van der Waals surface area (Å²) in [4.78, 5) is 17.3. The number of hydrogen-bond donors (Lipinski definition) is 1. The van der Waals surface area contributed by atoms with Gasteiger partial charge in [-0.25, -0.2) is 0 Å². The van der Waals surface area contributed by atoms with E-state index in [1.165, 1.54) is 16.3 Å². The van der Waals surface area contributed by atoms with Gasteiger partial charge in [0.05, 0.1) is 12.6 Å². The molecule has 0 bridgehead atoms. The van der Waals surface area contributed by atoms with Gasteiger partial charge in [-0.05, 0) is 34.9 Å². The molecule has 3 aromatic carbocycles. The van der Waals surface area contributed by atoms with Crippen LogP contribution < -0.4 is 5.32 Å². The fourth-order valence-electron chi connectivity index (χ4n) is 4.08. The molecule has 0 saturated carbocycles. The lowest BCUT2D eigenvalue weighted by Gasteiger charge is -2.33. The molecule has 1 aliphatic heterocycles. The lowest BCUT2D eigenvalue weighted by molar-refractivity contribution is -0.123. The fourth-order valence-corrected chi connectivity index (χ4v) is 4.08. The number of nitrogens with one attached hydrogen (secondary N) is 1. The van der Waals surface area contributed by atoms with Crippen LogP contribution in [0.5, 0.6) is 0 Å². The Balaban J connectivity index is 1.21. The van der Waals surface area contributed by atoms with E-state index in [1.807, 2.05) is 18.2 Å². The number of carbonyl (C=O) groups excluding carboxylic acids is 1.